The fourth-order valence-electron chi connectivity index (χ4n) is 1.82. The minimum atomic E-state index is -3.26. The molecule has 0 radical (unpaired) electrons. The number of carbonyl (C=O) groups excluding carboxylic acids is 1. The van der Waals surface area contributed by atoms with Gasteiger partial charge in [-0.3, -0.25) is 4.79 Å². The van der Waals surface area contributed by atoms with Crippen LogP contribution >= 0.6 is 0 Å². The SMILES string of the molecule is CS(=O)(=O)c1ccc(OC(C(N)=O)c2ccccc2)cc1. The normalized spacial score (nSPS) is 12.6. The maximum absolute atomic E-state index is 11.5. The molecule has 0 aliphatic rings. The van der Waals surface area contributed by atoms with Crippen LogP contribution < -0.4 is 10.5 Å². The molecule has 1 unspecified atom stereocenters. The van der Waals surface area contributed by atoms with Crippen molar-refractivity contribution in [2.24, 2.45) is 5.73 Å². The average molecular weight is 305 g/mol. The molecule has 0 bridgehead atoms. The third kappa shape index (κ3) is 3.82. The Morgan fingerprint density at radius 2 is 1.62 bits per heavy atom. The second-order valence-electron chi connectivity index (χ2n) is 4.55. The summed E-state index contributed by atoms with van der Waals surface area (Å²) in [4.78, 5) is 11.7. The second-order valence-corrected chi connectivity index (χ2v) is 6.57. The molecule has 0 spiro atoms. The predicted molar refractivity (Wildman–Crippen MR) is 78.6 cm³/mol. The highest BCUT2D eigenvalue weighted by atomic mass is 32.2. The molecule has 0 heterocycles. The zero-order valence-corrected chi connectivity index (χ0v) is 12.2. The van der Waals surface area contributed by atoms with Crippen LogP contribution in [0.3, 0.4) is 0 Å². The Bertz CT molecular complexity index is 724. The molecule has 0 aromatic heterocycles. The number of primary amides is 1. The van der Waals surface area contributed by atoms with E-state index in [2.05, 4.69) is 0 Å². The molecule has 0 saturated carbocycles. The van der Waals surface area contributed by atoms with Crippen molar-refractivity contribution in [2.45, 2.75) is 11.0 Å². The van der Waals surface area contributed by atoms with Gasteiger partial charge in [-0.1, -0.05) is 30.3 Å². The molecular formula is C15H15NO4S. The minimum Gasteiger partial charge on any atom is -0.476 e. The Hall–Kier alpha value is -2.34. The summed E-state index contributed by atoms with van der Waals surface area (Å²) in [5, 5.41) is 0. The number of hydrogen-bond acceptors (Lipinski definition) is 4. The molecule has 6 heteroatoms. The van der Waals surface area contributed by atoms with Crippen LogP contribution in [-0.4, -0.2) is 20.6 Å². The molecular weight excluding hydrogens is 290 g/mol. The lowest BCUT2D eigenvalue weighted by Gasteiger charge is -2.16. The summed E-state index contributed by atoms with van der Waals surface area (Å²) in [6.07, 6.45) is 0.203. The topological polar surface area (TPSA) is 86.5 Å². The van der Waals surface area contributed by atoms with Crippen molar-refractivity contribution >= 4 is 15.7 Å². The lowest BCUT2D eigenvalue weighted by Crippen LogP contribution is -2.26. The third-order valence-corrected chi connectivity index (χ3v) is 4.00. The van der Waals surface area contributed by atoms with Crippen LogP contribution in [0.2, 0.25) is 0 Å². The van der Waals surface area contributed by atoms with Crippen molar-refractivity contribution in [3.8, 4) is 5.75 Å². The van der Waals surface area contributed by atoms with Crippen LogP contribution in [-0.2, 0) is 14.6 Å². The van der Waals surface area contributed by atoms with E-state index in [1.165, 1.54) is 24.3 Å². The van der Waals surface area contributed by atoms with Gasteiger partial charge < -0.3 is 10.5 Å². The summed E-state index contributed by atoms with van der Waals surface area (Å²) >= 11 is 0. The summed E-state index contributed by atoms with van der Waals surface area (Å²) in [6.45, 7) is 0. The van der Waals surface area contributed by atoms with E-state index in [1.807, 2.05) is 6.07 Å². The molecule has 2 N–H and O–H groups in total. The van der Waals surface area contributed by atoms with Crippen LogP contribution in [0.5, 0.6) is 5.75 Å². The molecule has 1 amide bonds. The van der Waals surface area contributed by atoms with Gasteiger partial charge in [-0.15, -0.1) is 0 Å². The van der Waals surface area contributed by atoms with E-state index in [1.54, 1.807) is 24.3 Å². The number of ether oxygens (including phenoxy) is 1. The monoisotopic (exact) mass is 305 g/mol. The first-order valence-electron chi connectivity index (χ1n) is 6.19. The summed E-state index contributed by atoms with van der Waals surface area (Å²) in [6, 6.07) is 14.7. The molecule has 110 valence electrons. The number of nitrogens with two attached hydrogens (primary N) is 1. The maximum atomic E-state index is 11.5. The van der Waals surface area contributed by atoms with E-state index in [0.29, 0.717) is 11.3 Å². The van der Waals surface area contributed by atoms with Crippen molar-refractivity contribution < 1.29 is 17.9 Å². The van der Waals surface area contributed by atoms with Crippen LogP contribution in [0, 0.1) is 0 Å². The van der Waals surface area contributed by atoms with Crippen molar-refractivity contribution in [3.63, 3.8) is 0 Å². The average Bonchev–Trinajstić information content (AvgIpc) is 2.45. The Morgan fingerprint density at radius 3 is 2.10 bits per heavy atom. The number of hydrogen-bond donors (Lipinski definition) is 1. The lowest BCUT2D eigenvalue weighted by molar-refractivity contribution is -0.125. The zero-order chi connectivity index (χ0) is 15.5. The summed E-state index contributed by atoms with van der Waals surface area (Å²) in [5.74, 6) is -0.247. The first-order valence-corrected chi connectivity index (χ1v) is 8.08. The minimum absolute atomic E-state index is 0.185. The maximum Gasteiger partial charge on any atom is 0.263 e. The van der Waals surface area contributed by atoms with Gasteiger partial charge in [0.25, 0.3) is 5.91 Å². The highest BCUT2D eigenvalue weighted by Crippen LogP contribution is 2.23. The largest absolute Gasteiger partial charge is 0.476 e. The van der Waals surface area contributed by atoms with Crippen LogP contribution in [0.4, 0.5) is 0 Å². The first kappa shape index (κ1) is 15.1. The standard InChI is InChI=1S/C15H15NO4S/c1-21(18,19)13-9-7-12(8-10-13)20-14(15(16)17)11-5-3-2-4-6-11/h2-10,14H,1H3,(H2,16,17). The van der Waals surface area contributed by atoms with Gasteiger partial charge in [0.15, 0.2) is 9.84 Å². The Labute approximate surface area is 123 Å². The number of carbonyl (C=O) groups is 1. The Kier molecular flexibility index (Phi) is 4.28. The molecule has 21 heavy (non-hydrogen) atoms. The quantitative estimate of drug-likeness (QED) is 0.910. The van der Waals surface area contributed by atoms with Gasteiger partial charge in [-0.05, 0) is 24.3 Å². The van der Waals surface area contributed by atoms with Crippen LogP contribution in [0.15, 0.2) is 59.5 Å². The number of rotatable bonds is 5. The molecule has 0 saturated heterocycles. The fourth-order valence-corrected chi connectivity index (χ4v) is 2.45. The van der Waals surface area contributed by atoms with E-state index in [4.69, 9.17) is 10.5 Å². The number of amides is 1. The second kappa shape index (κ2) is 5.97. The number of sulfone groups is 1. The van der Waals surface area contributed by atoms with E-state index in [9.17, 15) is 13.2 Å². The van der Waals surface area contributed by atoms with Crippen molar-refractivity contribution in [2.75, 3.05) is 6.26 Å². The van der Waals surface area contributed by atoms with E-state index in [0.717, 1.165) is 6.26 Å². The van der Waals surface area contributed by atoms with Gasteiger partial charge in [0.1, 0.15) is 5.75 Å². The highest BCUT2D eigenvalue weighted by molar-refractivity contribution is 7.90. The lowest BCUT2D eigenvalue weighted by atomic mass is 10.1. The molecule has 0 fully saturated rings. The van der Waals surface area contributed by atoms with Gasteiger partial charge >= 0.3 is 0 Å². The smallest absolute Gasteiger partial charge is 0.263 e. The molecule has 5 nitrogen and oxygen atoms in total. The first-order chi connectivity index (χ1) is 9.88. The zero-order valence-electron chi connectivity index (χ0n) is 11.4. The molecule has 2 aromatic rings. The van der Waals surface area contributed by atoms with Gasteiger partial charge in [0, 0.05) is 11.8 Å². The van der Waals surface area contributed by atoms with E-state index in [-0.39, 0.29) is 4.90 Å². The van der Waals surface area contributed by atoms with E-state index < -0.39 is 21.8 Å². The summed E-state index contributed by atoms with van der Waals surface area (Å²) in [5.41, 5.74) is 5.99. The van der Waals surface area contributed by atoms with Crippen LogP contribution in [0.1, 0.15) is 11.7 Å². The third-order valence-electron chi connectivity index (χ3n) is 2.87. The fraction of sp³-hybridized carbons (Fsp3) is 0.133. The predicted octanol–water partition coefficient (Wildman–Crippen LogP) is 1.70. The van der Waals surface area contributed by atoms with E-state index >= 15 is 0 Å². The van der Waals surface area contributed by atoms with Gasteiger partial charge in [-0.25, -0.2) is 8.42 Å². The van der Waals surface area contributed by atoms with Crippen molar-refractivity contribution in [1.82, 2.24) is 0 Å². The summed E-state index contributed by atoms with van der Waals surface area (Å²) < 4.78 is 28.3. The summed E-state index contributed by atoms with van der Waals surface area (Å²) in [7, 11) is -3.26. The highest BCUT2D eigenvalue weighted by Gasteiger charge is 2.19. The Balaban J connectivity index is 2.24. The molecule has 2 aromatic carbocycles. The Morgan fingerprint density at radius 1 is 1.05 bits per heavy atom. The van der Waals surface area contributed by atoms with Gasteiger partial charge in [-0.2, -0.15) is 0 Å². The van der Waals surface area contributed by atoms with Crippen molar-refractivity contribution in [3.05, 3.63) is 60.2 Å². The molecule has 1 atom stereocenters. The van der Waals surface area contributed by atoms with Crippen LogP contribution in [0.25, 0.3) is 0 Å². The number of benzene rings is 2. The van der Waals surface area contributed by atoms with Gasteiger partial charge in [0.05, 0.1) is 4.90 Å². The molecule has 0 aliphatic heterocycles. The van der Waals surface area contributed by atoms with Crippen molar-refractivity contribution in [1.29, 1.82) is 0 Å². The molecule has 2 rings (SSSR count). The van der Waals surface area contributed by atoms with Gasteiger partial charge in [0.2, 0.25) is 6.10 Å². The molecule has 0 aliphatic carbocycles.